The Hall–Kier alpha value is -0.600. The SMILES string of the molecule is C=CCOC1(OCC=C)CCC(C(C)(C)C)CC1.CC. The average molecular weight is 282 g/mol. The first kappa shape index (κ1) is 19.4. The molecule has 1 aliphatic carbocycles. The van der Waals surface area contributed by atoms with E-state index in [1.54, 1.807) is 12.2 Å². The summed E-state index contributed by atoms with van der Waals surface area (Å²) in [7, 11) is 0. The van der Waals surface area contributed by atoms with Crippen molar-refractivity contribution in [3.63, 3.8) is 0 Å². The molecule has 0 aliphatic heterocycles. The Bertz CT molecular complexity index is 254. The Labute approximate surface area is 126 Å². The van der Waals surface area contributed by atoms with E-state index in [9.17, 15) is 0 Å². The molecule has 0 heterocycles. The van der Waals surface area contributed by atoms with E-state index in [-0.39, 0.29) is 0 Å². The van der Waals surface area contributed by atoms with Crippen molar-refractivity contribution in [2.45, 2.75) is 66.1 Å². The topological polar surface area (TPSA) is 18.5 Å². The van der Waals surface area contributed by atoms with Gasteiger partial charge in [-0.2, -0.15) is 0 Å². The summed E-state index contributed by atoms with van der Waals surface area (Å²) in [4.78, 5) is 0. The smallest absolute Gasteiger partial charge is 0.169 e. The standard InChI is InChI=1S/C16H28O2.C2H6/c1-6-12-17-16(18-13-7-2)10-8-14(9-11-16)15(3,4)5;1-2/h6-7,14H,1-2,8-13H2,3-5H3;1-2H3. The van der Waals surface area contributed by atoms with Gasteiger partial charge in [0.05, 0.1) is 13.2 Å². The zero-order valence-corrected chi connectivity index (χ0v) is 14.2. The van der Waals surface area contributed by atoms with Gasteiger partial charge < -0.3 is 9.47 Å². The second kappa shape index (κ2) is 9.36. The van der Waals surface area contributed by atoms with Crippen LogP contribution in [0, 0.1) is 11.3 Å². The summed E-state index contributed by atoms with van der Waals surface area (Å²) in [5.74, 6) is 0.342. The maximum absolute atomic E-state index is 5.89. The van der Waals surface area contributed by atoms with E-state index >= 15 is 0 Å². The molecular weight excluding hydrogens is 248 g/mol. The summed E-state index contributed by atoms with van der Waals surface area (Å²) >= 11 is 0. The van der Waals surface area contributed by atoms with Crippen LogP contribution in [-0.2, 0) is 9.47 Å². The number of hydrogen-bond acceptors (Lipinski definition) is 2. The fourth-order valence-electron chi connectivity index (χ4n) is 2.68. The summed E-state index contributed by atoms with van der Waals surface area (Å²) < 4.78 is 11.8. The lowest BCUT2D eigenvalue weighted by Crippen LogP contribution is -2.42. The van der Waals surface area contributed by atoms with Crippen LogP contribution in [0.5, 0.6) is 0 Å². The van der Waals surface area contributed by atoms with Crippen LogP contribution in [0.15, 0.2) is 25.3 Å². The zero-order chi connectivity index (χ0) is 15.6. The highest BCUT2D eigenvalue weighted by atomic mass is 16.7. The molecule has 0 radical (unpaired) electrons. The molecule has 118 valence electrons. The minimum absolute atomic E-state index is 0.378. The third kappa shape index (κ3) is 6.23. The van der Waals surface area contributed by atoms with Gasteiger partial charge in [0.1, 0.15) is 0 Å². The molecule has 1 fully saturated rings. The van der Waals surface area contributed by atoms with Crippen molar-refractivity contribution in [3.8, 4) is 0 Å². The van der Waals surface area contributed by atoms with Crippen molar-refractivity contribution < 1.29 is 9.47 Å². The van der Waals surface area contributed by atoms with Gasteiger partial charge in [-0.15, -0.1) is 13.2 Å². The quantitative estimate of drug-likeness (QED) is 0.483. The van der Waals surface area contributed by atoms with Gasteiger partial charge in [0.15, 0.2) is 5.79 Å². The Kier molecular flexibility index (Phi) is 9.08. The number of ether oxygens (including phenoxy) is 2. The number of rotatable bonds is 6. The molecule has 1 aliphatic rings. The highest BCUT2D eigenvalue weighted by molar-refractivity contribution is 4.87. The minimum Gasteiger partial charge on any atom is -0.346 e. The molecule has 0 bridgehead atoms. The first-order valence-corrected chi connectivity index (χ1v) is 7.93. The van der Waals surface area contributed by atoms with E-state index in [0.29, 0.717) is 18.6 Å². The summed E-state index contributed by atoms with van der Waals surface area (Å²) in [5.41, 5.74) is 0.378. The molecule has 2 nitrogen and oxygen atoms in total. The first-order valence-electron chi connectivity index (χ1n) is 7.93. The molecule has 2 heteroatoms. The molecule has 0 aromatic rings. The highest BCUT2D eigenvalue weighted by Crippen LogP contribution is 2.43. The van der Waals surface area contributed by atoms with Crippen LogP contribution in [0.2, 0.25) is 0 Å². The molecule has 1 saturated carbocycles. The van der Waals surface area contributed by atoms with Gasteiger partial charge in [-0.25, -0.2) is 0 Å². The lowest BCUT2D eigenvalue weighted by Gasteiger charge is -2.43. The third-order valence-corrected chi connectivity index (χ3v) is 3.90. The van der Waals surface area contributed by atoms with Gasteiger partial charge in [-0.05, 0) is 24.2 Å². The Morgan fingerprint density at radius 3 is 1.70 bits per heavy atom. The van der Waals surface area contributed by atoms with E-state index in [2.05, 4.69) is 33.9 Å². The van der Waals surface area contributed by atoms with E-state index in [4.69, 9.17) is 9.47 Å². The summed E-state index contributed by atoms with van der Waals surface area (Å²) in [5, 5.41) is 0. The van der Waals surface area contributed by atoms with Crippen LogP contribution >= 0.6 is 0 Å². The van der Waals surface area contributed by atoms with Gasteiger partial charge in [-0.1, -0.05) is 46.8 Å². The average Bonchev–Trinajstić information content (AvgIpc) is 2.45. The molecule has 0 aromatic heterocycles. The Balaban J connectivity index is 0.00000172. The van der Waals surface area contributed by atoms with Crippen molar-refractivity contribution in [3.05, 3.63) is 25.3 Å². The van der Waals surface area contributed by atoms with Crippen molar-refractivity contribution in [1.29, 1.82) is 0 Å². The van der Waals surface area contributed by atoms with Gasteiger partial charge in [0, 0.05) is 12.8 Å². The monoisotopic (exact) mass is 282 g/mol. The second-order valence-corrected chi connectivity index (χ2v) is 6.25. The van der Waals surface area contributed by atoms with Crippen LogP contribution in [0.1, 0.15) is 60.3 Å². The van der Waals surface area contributed by atoms with Gasteiger partial charge in [0.2, 0.25) is 0 Å². The van der Waals surface area contributed by atoms with Crippen LogP contribution in [-0.4, -0.2) is 19.0 Å². The Morgan fingerprint density at radius 1 is 1.00 bits per heavy atom. The molecule has 0 aromatic carbocycles. The fraction of sp³-hybridized carbons (Fsp3) is 0.778. The van der Waals surface area contributed by atoms with Gasteiger partial charge in [0.25, 0.3) is 0 Å². The first-order chi connectivity index (χ1) is 9.43. The predicted molar refractivity (Wildman–Crippen MR) is 87.8 cm³/mol. The van der Waals surface area contributed by atoms with Gasteiger partial charge >= 0.3 is 0 Å². The van der Waals surface area contributed by atoms with Crippen LogP contribution in [0.25, 0.3) is 0 Å². The van der Waals surface area contributed by atoms with Gasteiger partial charge in [-0.3, -0.25) is 0 Å². The lowest BCUT2D eigenvalue weighted by molar-refractivity contribution is -0.248. The minimum atomic E-state index is -0.413. The van der Waals surface area contributed by atoms with Crippen LogP contribution in [0.3, 0.4) is 0 Å². The molecule has 0 amide bonds. The Morgan fingerprint density at radius 2 is 1.40 bits per heavy atom. The normalized spacial score (nSPS) is 18.9. The molecule has 0 unspecified atom stereocenters. The maximum atomic E-state index is 5.89. The van der Waals surface area contributed by atoms with Crippen molar-refractivity contribution in [1.82, 2.24) is 0 Å². The van der Waals surface area contributed by atoms with Crippen molar-refractivity contribution in [2.24, 2.45) is 11.3 Å². The molecule has 0 N–H and O–H groups in total. The van der Waals surface area contributed by atoms with Crippen LogP contribution in [0.4, 0.5) is 0 Å². The summed E-state index contributed by atoms with van der Waals surface area (Å²) in [6.45, 7) is 19.5. The summed E-state index contributed by atoms with van der Waals surface area (Å²) in [6.07, 6.45) is 7.84. The van der Waals surface area contributed by atoms with E-state index in [1.165, 1.54) is 0 Å². The third-order valence-electron chi connectivity index (χ3n) is 3.90. The largest absolute Gasteiger partial charge is 0.346 e. The molecule has 0 saturated heterocycles. The van der Waals surface area contributed by atoms with Crippen molar-refractivity contribution >= 4 is 0 Å². The van der Waals surface area contributed by atoms with E-state index in [1.807, 2.05) is 13.8 Å². The number of hydrogen-bond donors (Lipinski definition) is 0. The van der Waals surface area contributed by atoms with E-state index < -0.39 is 5.79 Å². The maximum Gasteiger partial charge on any atom is 0.169 e. The molecule has 1 rings (SSSR count). The molecule has 0 spiro atoms. The fourth-order valence-corrected chi connectivity index (χ4v) is 2.68. The van der Waals surface area contributed by atoms with Crippen LogP contribution < -0.4 is 0 Å². The molecule has 0 atom stereocenters. The molecular formula is C18H34O2. The van der Waals surface area contributed by atoms with Crippen molar-refractivity contribution in [2.75, 3.05) is 13.2 Å². The lowest BCUT2D eigenvalue weighted by atomic mass is 9.71. The zero-order valence-electron chi connectivity index (χ0n) is 14.2. The second-order valence-electron chi connectivity index (χ2n) is 6.25. The molecule has 20 heavy (non-hydrogen) atoms. The highest BCUT2D eigenvalue weighted by Gasteiger charge is 2.40. The predicted octanol–water partition coefficient (Wildman–Crippen LogP) is 5.35. The summed E-state index contributed by atoms with van der Waals surface area (Å²) in [6, 6.07) is 0. The van der Waals surface area contributed by atoms with E-state index in [0.717, 1.165) is 31.6 Å².